The van der Waals surface area contributed by atoms with Crippen molar-refractivity contribution < 1.29 is 14.3 Å². The first kappa shape index (κ1) is 20.5. The monoisotopic (exact) mass is 410 g/mol. The predicted octanol–water partition coefficient (Wildman–Crippen LogP) is 3.30. The number of fused-ring (bicyclic) bond motifs is 1. The minimum absolute atomic E-state index is 0.0146. The van der Waals surface area contributed by atoms with Crippen molar-refractivity contribution in [3.8, 4) is 5.69 Å². The van der Waals surface area contributed by atoms with Gasteiger partial charge in [0.15, 0.2) is 0 Å². The molecule has 30 heavy (non-hydrogen) atoms. The molecule has 0 unspecified atom stereocenters. The Morgan fingerprint density at radius 2 is 1.93 bits per heavy atom. The molecule has 1 aliphatic carbocycles. The third-order valence-electron chi connectivity index (χ3n) is 6.12. The van der Waals surface area contributed by atoms with Gasteiger partial charge in [0, 0.05) is 36.7 Å². The largest absolute Gasteiger partial charge is 0.396 e. The topological polar surface area (TPSA) is 93.2 Å². The zero-order valence-electron chi connectivity index (χ0n) is 16.9. The molecule has 7 heteroatoms. The maximum atomic E-state index is 13.8. The average Bonchev–Trinajstić information content (AvgIpc) is 3.18. The molecule has 1 aliphatic rings. The van der Waals surface area contributed by atoms with Gasteiger partial charge in [-0.3, -0.25) is 4.79 Å². The lowest BCUT2D eigenvalue weighted by atomic mass is 9.74. The van der Waals surface area contributed by atoms with Gasteiger partial charge >= 0.3 is 0 Å². The van der Waals surface area contributed by atoms with Gasteiger partial charge in [-0.15, -0.1) is 0 Å². The van der Waals surface area contributed by atoms with Gasteiger partial charge < -0.3 is 16.2 Å². The number of carbonyl (C=O) groups excluding carboxylic acids is 1. The first-order valence-electron chi connectivity index (χ1n) is 10.4. The van der Waals surface area contributed by atoms with E-state index in [0.717, 1.165) is 43.2 Å². The van der Waals surface area contributed by atoms with Crippen LogP contribution in [0.2, 0.25) is 0 Å². The highest BCUT2D eigenvalue weighted by molar-refractivity contribution is 6.04. The number of nitrogens with zero attached hydrogens (tertiary/aromatic N) is 2. The molecular formula is C23H27FN4O2. The quantitative estimate of drug-likeness (QED) is 0.557. The van der Waals surface area contributed by atoms with Crippen LogP contribution in [0.1, 0.15) is 48.0 Å². The molecule has 4 N–H and O–H groups in total. The maximum absolute atomic E-state index is 13.8. The zero-order valence-corrected chi connectivity index (χ0v) is 16.9. The summed E-state index contributed by atoms with van der Waals surface area (Å²) in [6.07, 6.45) is 7.49. The highest BCUT2D eigenvalue weighted by Gasteiger charge is 2.30. The van der Waals surface area contributed by atoms with Gasteiger partial charge in [0.25, 0.3) is 5.91 Å². The van der Waals surface area contributed by atoms with E-state index in [0.29, 0.717) is 10.9 Å². The van der Waals surface area contributed by atoms with Gasteiger partial charge in [-0.2, -0.15) is 5.10 Å². The van der Waals surface area contributed by atoms with Crippen LogP contribution in [-0.4, -0.2) is 33.9 Å². The lowest BCUT2D eigenvalue weighted by molar-refractivity contribution is 0.0810. The molecule has 2 aromatic carbocycles. The Morgan fingerprint density at radius 1 is 1.20 bits per heavy atom. The Bertz CT molecular complexity index is 1040. The summed E-state index contributed by atoms with van der Waals surface area (Å²) in [7, 11) is 0. The van der Waals surface area contributed by atoms with E-state index in [9.17, 15) is 14.3 Å². The fraction of sp³-hybridized carbons (Fsp3) is 0.391. The molecule has 3 aromatic rings. The van der Waals surface area contributed by atoms with E-state index >= 15 is 0 Å². The van der Waals surface area contributed by atoms with Crippen LogP contribution >= 0.6 is 0 Å². The number of rotatable bonds is 7. The third kappa shape index (κ3) is 4.22. The van der Waals surface area contributed by atoms with E-state index in [1.807, 2.05) is 24.3 Å². The van der Waals surface area contributed by atoms with Crippen molar-refractivity contribution in [3.05, 3.63) is 59.5 Å². The van der Waals surface area contributed by atoms with Gasteiger partial charge in [-0.25, -0.2) is 9.07 Å². The zero-order chi connectivity index (χ0) is 21.1. The summed E-state index contributed by atoms with van der Waals surface area (Å²) in [6.45, 7) is 1.77. The number of aliphatic hydroxyl groups excluding tert-OH is 1. The third-order valence-corrected chi connectivity index (χ3v) is 6.12. The highest BCUT2D eigenvalue weighted by atomic mass is 19.1. The van der Waals surface area contributed by atoms with E-state index in [4.69, 9.17) is 5.73 Å². The average molecular weight is 410 g/mol. The van der Waals surface area contributed by atoms with Gasteiger partial charge in [0.2, 0.25) is 0 Å². The number of benzene rings is 2. The van der Waals surface area contributed by atoms with Crippen LogP contribution in [0.15, 0.2) is 42.6 Å². The Kier molecular flexibility index (Phi) is 5.83. The number of nitrogens with one attached hydrogen (secondary N) is 1. The standard InChI is InChI=1S/C23H27FN4O2/c24-18-10-17-13-28(27-21(17)20(11-18)22(25)30)19-6-4-16(5-7-19)12-26-14-23(15-29)8-2-1-3-9-23/h4-7,10-11,13,26,29H,1-3,8-9,12,14-15H2,(H2,25,30). The van der Waals surface area contributed by atoms with Gasteiger partial charge in [-0.1, -0.05) is 31.4 Å². The van der Waals surface area contributed by atoms with E-state index in [-0.39, 0.29) is 17.6 Å². The second-order valence-electron chi connectivity index (χ2n) is 8.32. The Morgan fingerprint density at radius 3 is 2.60 bits per heavy atom. The summed E-state index contributed by atoms with van der Waals surface area (Å²) in [4.78, 5) is 11.6. The van der Waals surface area contributed by atoms with Crippen LogP contribution in [0.3, 0.4) is 0 Å². The summed E-state index contributed by atoms with van der Waals surface area (Å²) < 4.78 is 15.4. The van der Waals surface area contributed by atoms with Crippen molar-refractivity contribution in [1.29, 1.82) is 0 Å². The molecule has 0 spiro atoms. The van der Waals surface area contributed by atoms with Gasteiger partial charge in [0.05, 0.1) is 11.3 Å². The molecular weight excluding hydrogens is 383 g/mol. The van der Waals surface area contributed by atoms with Crippen LogP contribution < -0.4 is 11.1 Å². The number of amides is 1. The number of aliphatic hydroxyl groups is 1. The SMILES string of the molecule is NC(=O)c1cc(F)cc2cn(-c3ccc(CNCC4(CO)CCCCC4)cc3)nc12. The van der Waals surface area contributed by atoms with Crippen LogP contribution in [0.5, 0.6) is 0 Å². The van der Waals surface area contributed by atoms with Crippen LogP contribution in [0, 0.1) is 11.2 Å². The van der Waals surface area contributed by atoms with Crippen LogP contribution in [0.25, 0.3) is 16.6 Å². The van der Waals surface area contributed by atoms with E-state index in [1.54, 1.807) is 10.9 Å². The van der Waals surface area contributed by atoms with E-state index in [1.165, 1.54) is 25.3 Å². The Hall–Kier alpha value is -2.77. The molecule has 0 atom stereocenters. The van der Waals surface area contributed by atoms with Crippen LogP contribution in [0.4, 0.5) is 4.39 Å². The second kappa shape index (κ2) is 8.53. The lowest BCUT2D eigenvalue weighted by Gasteiger charge is -2.35. The predicted molar refractivity (Wildman–Crippen MR) is 114 cm³/mol. The first-order chi connectivity index (χ1) is 14.5. The molecule has 4 rings (SSSR count). The van der Waals surface area contributed by atoms with Gasteiger partial charge in [-0.05, 0) is 42.7 Å². The Labute approximate surface area is 174 Å². The molecule has 1 saturated carbocycles. The number of carbonyl (C=O) groups is 1. The van der Waals surface area contributed by atoms with Crippen molar-refractivity contribution in [3.63, 3.8) is 0 Å². The molecule has 158 valence electrons. The number of hydrogen-bond donors (Lipinski definition) is 3. The first-order valence-corrected chi connectivity index (χ1v) is 10.4. The number of hydrogen-bond acceptors (Lipinski definition) is 4. The van der Waals surface area contributed by atoms with Crippen molar-refractivity contribution in [2.75, 3.05) is 13.2 Å². The number of halogens is 1. The summed E-state index contributed by atoms with van der Waals surface area (Å²) in [5.41, 5.74) is 7.77. The fourth-order valence-electron chi connectivity index (χ4n) is 4.35. The molecule has 0 aliphatic heterocycles. The number of nitrogens with two attached hydrogens (primary N) is 1. The maximum Gasteiger partial charge on any atom is 0.251 e. The van der Waals surface area contributed by atoms with E-state index in [2.05, 4.69) is 10.4 Å². The molecule has 1 heterocycles. The number of primary amides is 1. The molecule has 1 aromatic heterocycles. The Balaban J connectivity index is 1.46. The van der Waals surface area contributed by atoms with Crippen LogP contribution in [-0.2, 0) is 6.54 Å². The summed E-state index contributed by atoms with van der Waals surface area (Å²) in [5.74, 6) is -1.22. The van der Waals surface area contributed by atoms with Crippen molar-refractivity contribution in [1.82, 2.24) is 15.1 Å². The van der Waals surface area contributed by atoms with Crippen molar-refractivity contribution in [2.24, 2.45) is 11.1 Å². The van der Waals surface area contributed by atoms with Gasteiger partial charge in [0.1, 0.15) is 11.3 Å². The minimum atomic E-state index is -0.704. The number of aromatic nitrogens is 2. The molecule has 0 radical (unpaired) electrons. The molecule has 6 nitrogen and oxygen atoms in total. The summed E-state index contributed by atoms with van der Waals surface area (Å²) in [6, 6.07) is 10.3. The fourth-order valence-corrected chi connectivity index (χ4v) is 4.35. The van der Waals surface area contributed by atoms with Crippen molar-refractivity contribution in [2.45, 2.75) is 38.6 Å². The molecule has 1 fully saturated rings. The second-order valence-corrected chi connectivity index (χ2v) is 8.32. The van der Waals surface area contributed by atoms with E-state index < -0.39 is 11.7 Å². The summed E-state index contributed by atoms with van der Waals surface area (Å²) in [5, 5.41) is 18.3. The smallest absolute Gasteiger partial charge is 0.251 e. The summed E-state index contributed by atoms with van der Waals surface area (Å²) >= 11 is 0. The minimum Gasteiger partial charge on any atom is -0.396 e. The van der Waals surface area contributed by atoms with Crippen molar-refractivity contribution >= 4 is 16.8 Å². The highest BCUT2D eigenvalue weighted by Crippen LogP contribution is 2.35. The molecule has 0 saturated heterocycles. The molecule has 1 amide bonds. The lowest BCUT2D eigenvalue weighted by Crippen LogP contribution is -2.38. The molecule has 0 bridgehead atoms. The normalized spacial score (nSPS) is 16.1.